The van der Waals surface area contributed by atoms with Crippen molar-refractivity contribution in [3.63, 3.8) is 0 Å². The molecule has 1 N–H and O–H groups in total. The quantitative estimate of drug-likeness (QED) is 0.820. The third kappa shape index (κ3) is 5.82. The molecule has 29 heavy (non-hydrogen) atoms. The van der Waals surface area contributed by atoms with Crippen LogP contribution in [0.3, 0.4) is 0 Å². The zero-order valence-electron chi connectivity index (χ0n) is 17.6. The fourth-order valence-electron chi connectivity index (χ4n) is 3.21. The van der Waals surface area contributed by atoms with Gasteiger partial charge in [-0.3, -0.25) is 0 Å². The molecular weight excluding hydrogens is 368 g/mol. The summed E-state index contributed by atoms with van der Waals surface area (Å²) in [5, 5.41) is 11.4. The lowest BCUT2D eigenvalue weighted by Crippen LogP contribution is -2.42. The van der Waals surface area contributed by atoms with Crippen LogP contribution < -0.4 is 14.8 Å². The van der Waals surface area contributed by atoms with Gasteiger partial charge in [0.2, 0.25) is 5.88 Å². The van der Waals surface area contributed by atoms with Gasteiger partial charge in [0.25, 0.3) is 0 Å². The number of methoxy groups -OCH3 is 1. The lowest BCUT2D eigenvalue weighted by molar-refractivity contribution is 0.150. The minimum absolute atomic E-state index is 0.0240. The molecule has 1 aliphatic heterocycles. The minimum Gasteiger partial charge on any atom is -0.497 e. The molecule has 0 unspecified atom stereocenters. The number of amides is 2. The number of carbonyl (C=O) groups excluding carboxylic acids is 1. The topological polar surface area (TPSA) is 76.6 Å². The van der Waals surface area contributed by atoms with Crippen molar-refractivity contribution < 1.29 is 14.3 Å². The lowest BCUT2D eigenvalue weighted by atomic mass is 9.92. The highest BCUT2D eigenvalue weighted by Crippen LogP contribution is 2.23. The number of urea groups is 1. The van der Waals surface area contributed by atoms with E-state index >= 15 is 0 Å². The van der Waals surface area contributed by atoms with Gasteiger partial charge in [0.05, 0.1) is 19.4 Å². The Kier molecular flexibility index (Phi) is 6.56. The van der Waals surface area contributed by atoms with E-state index < -0.39 is 0 Å². The van der Waals surface area contributed by atoms with E-state index in [4.69, 9.17) is 9.47 Å². The molecule has 2 amide bonds. The van der Waals surface area contributed by atoms with E-state index in [9.17, 15) is 4.79 Å². The molecule has 0 bridgehead atoms. The van der Waals surface area contributed by atoms with E-state index in [1.807, 2.05) is 41.3 Å². The molecule has 0 radical (unpaired) electrons. The first-order valence-electron chi connectivity index (χ1n) is 10.0. The van der Waals surface area contributed by atoms with Gasteiger partial charge in [-0.15, -0.1) is 5.10 Å². The molecule has 7 heteroatoms. The predicted octanol–water partition coefficient (Wildman–Crippen LogP) is 4.11. The van der Waals surface area contributed by atoms with E-state index in [-0.39, 0.29) is 11.4 Å². The summed E-state index contributed by atoms with van der Waals surface area (Å²) in [4.78, 5) is 14.3. The number of carbonyl (C=O) groups is 1. The van der Waals surface area contributed by atoms with Gasteiger partial charge >= 0.3 is 6.03 Å². The van der Waals surface area contributed by atoms with Crippen LogP contribution in [0.25, 0.3) is 0 Å². The van der Waals surface area contributed by atoms with Crippen LogP contribution in [0.4, 0.5) is 10.5 Å². The van der Waals surface area contributed by atoms with Crippen molar-refractivity contribution in [2.24, 2.45) is 5.92 Å². The van der Waals surface area contributed by atoms with Crippen molar-refractivity contribution in [3.8, 4) is 11.6 Å². The predicted molar refractivity (Wildman–Crippen MR) is 113 cm³/mol. The Morgan fingerprint density at radius 1 is 1.17 bits per heavy atom. The highest BCUT2D eigenvalue weighted by Gasteiger charge is 2.24. The number of piperidine rings is 1. The summed E-state index contributed by atoms with van der Waals surface area (Å²) in [6.45, 7) is 8.33. The molecule has 3 rings (SSSR count). The second-order valence-corrected chi connectivity index (χ2v) is 8.41. The number of ether oxygens (including phenoxy) is 2. The molecular formula is C22H30N4O3. The van der Waals surface area contributed by atoms with Crippen LogP contribution in [-0.2, 0) is 5.41 Å². The Morgan fingerprint density at radius 2 is 1.93 bits per heavy atom. The first-order chi connectivity index (χ1) is 13.8. The summed E-state index contributed by atoms with van der Waals surface area (Å²) in [6.07, 6.45) is 1.80. The zero-order chi connectivity index (χ0) is 20.9. The molecule has 1 fully saturated rings. The number of nitrogens with one attached hydrogen (secondary N) is 1. The fourth-order valence-corrected chi connectivity index (χ4v) is 3.21. The van der Waals surface area contributed by atoms with Crippen molar-refractivity contribution in [2.75, 3.05) is 32.1 Å². The third-order valence-corrected chi connectivity index (χ3v) is 5.10. The molecule has 2 heterocycles. The maximum Gasteiger partial charge on any atom is 0.321 e. The highest BCUT2D eigenvalue weighted by molar-refractivity contribution is 5.89. The number of hydrogen-bond donors (Lipinski definition) is 1. The Hall–Kier alpha value is -2.83. The maximum absolute atomic E-state index is 12.5. The van der Waals surface area contributed by atoms with Gasteiger partial charge in [0, 0.05) is 36.3 Å². The monoisotopic (exact) mass is 398 g/mol. The van der Waals surface area contributed by atoms with Crippen molar-refractivity contribution in [1.29, 1.82) is 0 Å². The van der Waals surface area contributed by atoms with Gasteiger partial charge in [0.1, 0.15) is 5.75 Å². The molecule has 2 aromatic rings. The van der Waals surface area contributed by atoms with E-state index in [0.717, 1.165) is 30.0 Å². The van der Waals surface area contributed by atoms with Crippen LogP contribution in [0.15, 0.2) is 36.4 Å². The van der Waals surface area contributed by atoms with Gasteiger partial charge in [-0.2, -0.15) is 5.10 Å². The molecule has 0 atom stereocenters. The molecule has 1 aromatic carbocycles. The Morgan fingerprint density at radius 3 is 2.55 bits per heavy atom. The van der Waals surface area contributed by atoms with E-state index in [2.05, 4.69) is 36.3 Å². The average molecular weight is 399 g/mol. The number of aromatic nitrogens is 2. The molecule has 156 valence electrons. The molecule has 0 saturated carbocycles. The number of benzene rings is 1. The van der Waals surface area contributed by atoms with Crippen molar-refractivity contribution >= 4 is 11.7 Å². The van der Waals surface area contributed by atoms with Crippen LogP contribution in [0.2, 0.25) is 0 Å². The summed E-state index contributed by atoms with van der Waals surface area (Å²) < 4.78 is 11.0. The fraction of sp³-hybridized carbons (Fsp3) is 0.500. The first kappa shape index (κ1) is 20.9. The number of nitrogens with zero attached hydrogens (tertiary/aromatic N) is 3. The molecule has 1 saturated heterocycles. The van der Waals surface area contributed by atoms with Crippen LogP contribution in [0, 0.1) is 5.92 Å². The first-order valence-corrected chi connectivity index (χ1v) is 10.0. The number of anilines is 1. The van der Waals surface area contributed by atoms with Crippen LogP contribution in [-0.4, -0.2) is 47.9 Å². The summed E-state index contributed by atoms with van der Waals surface area (Å²) in [6, 6.07) is 11.1. The van der Waals surface area contributed by atoms with Crippen molar-refractivity contribution in [1.82, 2.24) is 15.1 Å². The molecule has 7 nitrogen and oxygen atoms in total. The van der Waals surface area contributed by atoms with E-state index in [0.29, 0.717) is 31.5 Å². The molecule has 1 aliphatic rings. The van der Waals surface area contributed by atoms with Crippen LogP contribution in [0.5, 0.6) is 11.6 Å². The number of rotatable bonds is 5. The second kappa shape index (κ2) is 9.11. The van der Waals surface area contributed by atoms with E-state index in [1.54, 1.807) is 7.11 Å². The average Bonchev–Trinajstić information content (AvgIpc) is 2.72. The SMILES string of the molecule is COc1cccc(NC(=O)N2CCC(COc3ccc(C(C)(C)C)nn3)CC2)c1. The maximum atomic E-state index is 12.5. The second-order valence-electron chi connectivity index (χ2n) is 8.41. The van der Waals surface area contributed by atoms with Crippen LogP contribution >= 0.6 is 0 Å². The molecule has 1 aromatic heterocycles. The standard InChI is InChI=1S/C22H30N4O3/c1-22(2,3)19-8-9-20(25-24-19)29-15-16-10-12-26(13-11-16)21(27)23-17-6-5-7-18(14-17)28-4/h5-9,14,16H,10-13,15H2,1-4H3,(H,23,27). The molecule has 0 spiro atoms. The summed E-state index contributed by atoms with van der Waals surface area (Å²) >= 11 is 0. The Labute approximate surface area is 172 Å². The van der Waals surface area contributed by atoms with Crippen molar-refractivity contribution in [2.45, 2.75) is 39.0 Å². The van der Waals surface area contributed by atoms with Crippen molar-refractivity contribution in [3.05, 3.63) is 42.1 Å². The molecule has 0 aliphatic carbocycles. The minimum atomic E-state index is -0.0822. The van der Waals surface area contributed by atoms with Gasteiger partial charge in [-0.05, 0) is 37.0 Å². The zero-order valence-corrected chi connectivity index (χ0v) is 17.6. The third-order valence-electron chi connectivity index (χ3n) is 5.10. The highest BCUT2D eigenvalue weighted by atomic mass is 16.5. The Bertz CT molecular complexity index is 810. The smallest absolute Gasteiger partial charge is 0.321 e. The van der Waals surface area contributed by atoms with Crippen LogP contribution in [0.1, 0.15) is 39.3 Å². The number of likely N-dealkylation sites (tertiary alicyclic amines) is 1. The normalized spacial score (nSPS) is 15.1. The number of hydrogen-bond acceptors (Lipinski definition) is 5. The van der Waals surface area contributed by atoms with Gasteiger partial charge in [-0.25, -0.2) is 4.79 Å². The van der Waals surface area contributed by atoms with Gasteiger partial charge < -0.3 is 19.7 Å². The van der Waals surface area contributed by atoms with Gasteiger partial charge in [0.15, 0.2) is 0 Å². The largest absolute Gasteiger partial charge is 0.497 e. The summed E-state index contributed by atoms with van der Waals surface area (Å²) in [5.41, 5.74) is 1.65. The Balaban J connectivity index is 1.43. The summed E-state index contributed by atoms with van der Waals surface area (Å²) in [5.74, 6) is 1.67. The van der Waals surface area contributed by atoms with E-state index in [1.165, 1.54) is 0 Å². The summed E-state index contributed by atoms with van der Waals surface area (Å²) in [7, 11) is 1.61. The lowest BCUT2D eigenvalue weighted by Gasteiger charge is -2.31. The van der Waals surface area contributed by atoms with Gasteiger partial charge in [-0.1, -0.05) is 26.8 Å².